The van der Waals surface area contributed by atoms with Crippen molar-refractivity contribution in [3.8, 4) is 23.0 Å². The number of aliphatic carboxylic acids is 1. The predicted octanol–water partition coefficient (Wildman–Crippen LogP) is 1.78. The number of esters is 2. The lowest BCUT2D eigenvalue weighted by Gasteiger charge is -2.12. The van der Waals surface area contributed by atoms with Crippen LogP contribution in [0, 0.1) is 0 Å². The van der Waals surface area contributed by atoms with Crippen molar-refractivity contribution in [2.24, 2.45) is 0 Å². The van der Waals surface area contributed by atoms with Gasteiger partial charge in [-0.15, -0.1) is 0 Å². The summed E-state index contributed by atoms with van der Waals surface area (Å²) < 4.78 is 9.48. The molecule has 0 saturated heterocycles. The van der Waals surface area contributed by atoms with E-state index in [4.69, 9.17) is 14.6 Å². The molecular formula is C21H18O10. The van der Waals surface area contributed by atoms with Crippen molar-refractivity contribution >= 4 is 30.1 Å². The van der Waals surface area contributed by atoms with Crippen molar-refractivity contribution in [2.45, 2.75) is 6.10 Å². The van der Waals surface area contributed by atoms with Crippen LogP contribution in [0.4, 0.5) is 0 Å². The molecule has 31 heavy (non-hydrogen) atoms. The van der Waals surface area contributed by atoms with E-state index in [1.165, 1.54) is 48.6 Å². The van der Waals surface area contributed by atoms with Crippen LogP contribution in [0.25, 0.3) is 12.2 Å². The Morgan fingerprint density at radius 3 is 1.71 bits per heavy atom. The van der Waals surface area contributed by atoms with Gasteiger partial charge in [-0.05, 0) is 47.5 Å². The van der Waals surface area contributed by atoms with Crippen LogP contribution in [0.15, 0.2) is 48.6 Å². The molecule has 1 unspecified atom stereocenters. The van der Waals surface area contributed by atoms with Crippen LogP contribution in [0.2, 0.25) is 0 Å². The Morgan fingerprint density at radius 1 is 0.774 bits per heavy atom. The van der Waals surface area contributed by atoms with E-state index in [1.807, 2.05) is 0 Å². The van der Waals surface area contributed by atoms with Gasteiger partial charge in [0.25, 0.3) is 0 Å². The number of aromatic hydroxyl groups is 4. The fourth-order valence-electron chi connectivity index (χ4n) is 2.16. The fraction of sp³-hybridized carbons (Fsp3) is 0.0952. The molecule has 0 bridgehead atoms. The molecule has 0 aliphatic heterocycles. The number of carboxylic acid groups (broad SMARTS) is 1. The first-order valence-electron chi connectivity index (χ1n) is 8.66. The van der Waals surface area contributed by atoms with Crippen LogP contribution in [0.3, 0.4) is 0 Å². The minimum Gasteiger partial charge on any atom is -0.504 e. The molecule has 0 aliphatic carbocycles. The van der Waals surface area contributed by atoms with Crippen LogP contribution in [0.5, 0.6) is 23.0 Å². The van der Waals surface area contributed by atoms with E-state index < -0.39 is 36.4 Å². The maximum Gasteiger partial charge on any atom is 0.348 e. The van der Waals surface area contributed by atoms with Crippen LogP contribution in [-0.4, -0.2) is 56.2 Å². The van der Waals surface area contributed by atoms with Gasteiger partial charge in [-0.3, -0.25) is 0 Å². The Kier molecular flexibility index (Phi) is 7.62. The van der Waals surface area contributed by atoms with E-state index in [9.17, 15) is 34.8 Å². The Labute approximate surface area is 175 Å². The molecule has 162 valence electrons. The molecule has 2 aromatic rings. The molecule has 2 rings (SSSR count). The molecule has 0 spiro atoms. The molecule has 0 saturated carbocycles. The standard InChI is InChI=1S/C21H18O10/c22-14-5-1-12(9-16(14)24)3-7-19(26)30-11-18(21(28)29)31-20(27)8-4-13-2-6-15(23)17(25)10-13/h1-10,18,22-25H,11H2,(H,28,29). The predicted molar refractivity (Wildman–Crippen MR) is 106 cm³/mol. The Morgan fingerprint density at radius 2 is 1.26 bits per heavy atom. The van der Waals surface area contributed by atoms with Gasteiger partial charge in [-0.1, -0.05) is 12.1 Å². The topological polar surface area (TPSA) is 171 Å². The summed E-state index contributed by atoms with van der Waals surface area (Å²) in [4.78, 5) is 34.8. The number of ether oxygens (including phenoxy) is 2. The number of hydrogen-bond acceptors (Lipinski definition) is 9. The number of rotatable bonds is 8. The van der Waals surface area contributed by atoms with Crippen LogP contribution >= 0.6 is 0 Å². The number of phenolic OH excluding ortho intramolecular Hbond substituents is 4. The van der Waals surface area contributed by atoms with Crippen molar-refractivity contribution < 1.29 is 49.4 Å². The van der Waals surface area contributed by atoms with Crippen molar-refractivity contribution in [3.05, 3.63) is 59.7 Å². The van der Waals surface area contributed by atoms with E-state index in [0.717, 1.165) is 12.2 Å². The molecule has 0 aliphatic rings. The van der Waals surface area contributed by atoms with Gasteiger partial charge in [0.1, 0.15) is 6.61 Å². The van der Waals surface area contributed by atoms with Crippen LogP contribution in [-0.2, 0) is 23.9 Å². The maximum absolute atomic E-state index is 11.8. The smallest absolute Gasteiger partial charge is 0.348 e. The van der Waals surface area contributed by atoms with E-state index in [0.29, 0.717) is 11.1 Å². The third-order valence-corrected chi connectivity index (χ3v) is 3.73. The van der Waals surface area contributed by atoms with Gasteiger partial charge in [-0.2, -0.15) is 0 Å². The highest BCUT2D eigenvalue weighted by molar-refractivity contribution is 5.90. The summed E-state index contributed by atoms with van der Waals surface area (Å²) in [5.41, 5.74) is 0.717. The minimum atomic E-state index is -1.76. The quantitative estimate of drug-likeness (QED) is 0.236. The Hall–Kier alpha value is -4.47. The molecule has 0 fully saturated rings. The zero-order valence-corrected chi connectivity index (χ0v) is 15.8. The van der Waals surface area contributed by atoms with Crippen molar-refractivity contribution in [2.75, 3.05) is 6.61 Å². The molecule has 0 heterocycles. The van der Waals surface area contributed by atoms with Gasteiger partial charge in [0.15, 0.2) is 23.0 Å². The van der Waals surface area contributed by atoms with Gasteiger partial charge in [-0.25, -0.2) is 14.4 Å². The number of carbonyl (C=O) groups excluding carboxylic acids is 2. The Balaban J connectivity index is 1.90. The molecule has 0 radical (unpaired) electrons. The second kappa shape index (κ2) is 10.3. The van der Waals surface area contributed by atoms with Gasteiger partial charge < -0.3 is 35.0 Å². The highest BCUT2D eigenvalue weighted by atomic mass is 16.6. The molecule has 10 nitrogen and oxygen atoms in total. The maximum atomic E-state index is 11.8. The summed E-state index contributed by atoms with van der Waals surface area (Å²) in [6.07, 6.45) is 2.59. The lowest BCUT2D eigenvalue weighted by Crippen LogP contribution is -2.32. The second-order valence-electron chi connectivity index (χ2n) is 6.06. The third-order valence-electron chi connectivity index (χ3n) is 3.73. The average molecular weight is 430 g/mol. The van der Waals surface area contributed by atoms with Gasteiger partial charge in [0.2, 0.25) is 6.10 Å². The van der Waals surface area contributed by atoms with Gasteiger partial charge in [0.05, 0.1) is 0 Å². The van der Waals surface area contributed by atoms with E-state index in [-0.39, 0.29) is 17.2 Å². The number of benzene rings is 2. The number of carboxylic acids is 1. The first kappa shape index (κ1) is 22.8. The van der Waals surface area contributed by atoms with Crippen molar-refractivity contribution in [1.82, 2.24) is 0 Å². The summed E-state index contributed by atoms with van der Waals surface area (Å²) in [6.45, 7) is -0.751. The first-order chi connectivity index (χ1) is 14.7. The minimum absolute atomic E-state index is 0.331. The lowest BCUT2D eigenvalue weighted by atomic mass is 10.2. The third kappa shape index (κ3) is 7.13. The normalized spacial score (nSPS) is 12.0. The van der Waals surface area contributed by atoms with Crippen molar-refractivity contribution in [3.63, 3.8) is 0 Å². The summed E-state index contributed by atoms with van der Waals surface area (Å²) in [5.74, 6) is -4.96. The molecule has 10 heteroatoms. The Bertz CT molecular complexity index is 1040. The fourth-order valence-corrected chi connectivity index (χ4v) is 2.16. The highest BCUT2D eigenvalue weighted by Crippen LogP contribution is 2.26. The molecule has 0 amide bonds. The van der Waals surface area contributed by atoms with Crippen molar-refractivity contribution in [1.29, 1.82) is 0 Å². The molecular weight excluding hydrogens is 412 g/mol. The van der Waals surface area contributed by atoms with E-state index in [1.54, 1.807) is 0 Å². The zero-order chi connectivity index (χ0) is 23.0. The summed E-state index contributed by atoms with van der Waals surface area (Å²) >= 11 is 0. The molecule has 0 aromatic heterocycles. The SMILES string of the molecule is O=C(C=Cc1ccc(O)c(O)c1)OCC(OC(=O)C=Cc1ccc(O)c(O)c1)C(=O)O. The van der Waals surface area contributed by atoms with Gasteiger partial charge >= 0.3 is 17.9 Å². The number of phenols is 4. The van der Waals surface area contributed by atoms with Crippen LogP contribution < -0.4 is 0 Å². The molecule has 5 N–H and O–H groups in total. The molecule has 2 aromatic carbocycles. The van der Waals surface area contributed by atoms with E-state index >= 15 is 0 Å². The monoisotopic (exact) mass is 430 g/mol. The average Bonchev–Trinajstić information content (AvgIpc) is 2.72. The number of hydrogen-bond donors (Lipinski definition) is 5. The highest BCUT2D eigenvalue weighted by Gasteiger charge is 2.23. The zero-order valence-electron chi connectivity index (χ0n) is 15.8. The summed E-state index contributed by atoms with van der Waals surface area (Å²) in [7, 11) is 0. The second-order valence-corrected chi connectivity index (χ2v) is 6.06. The lowest BCUT2D eigenvalue weighted by molar-refractivity contribution is -0.167. The summed E-state index contributed by atoms with van der Waals surface area (Å²) in [6, 6.07) is 7.60. The number of carbonyl (C=O) groups is 3. The molecule has 1 atom stereocenters. The first-order valence-corrected chi connectivity index (χ1v) is 8.66. The largest absolute Gasteiger partial charge is 0.504 e. The van der Waals surface area contributed by atoms with Crippen LogP contribution in [0.1, 0.15) is 11.1 Å². The van der Waals surface area contributed by atoms with E-state index in [2.05, 4.69) is 0 Å². The van der Waals surface area contributed by atoms with Gasteiger partial charge in [0, 0.05) is 12.2 Å². The summed E-state index contributed by atoms with van der Waals surface area (Å²) in [5, 5.41) is 46.4.